The van der Waals surface area contributed by atoms with Crippen LogP contribution >= 0.6 is 11.8 Å². The zero-order valence-corrected chi connectivity index (χ0v) is 18.5. The maximum Gasteiger partial charge on any atom is 0.330 e. The van der Waals surface area contributed by atoms with Crippen LogP contribution in [0.5, 0.6) is 0 Å². The first-order valence-corrected chi connectivity index (χ1v) is 11.3. The van der Waals surface area contributed by atoms with E-state index in [0.29, 0.717) is 0 Å². The van der Waals surface area contributed by atoms with Crippen LogP contribution in [0.3, 0.4) is 0 Å². The highest BCUT2D eigenvalue weighted by Gasteiger charge is 2.26. The second-order valence-corrected chi connectivity index (χ2v) is 8.59. The van der Waals surface area contributed by atoms with Gasteiger partial charge in [-0.05, 0) is 30.2 Å². The van der Waals surface area contributed by atoms with Crippen molar-refractivity contribution in [2.45, 2.75) is 22.8 Å². The van der Waals surface area contributed by atoms with Gasteiger partial charge < -0.3 is 9.30 Å². The molecule has 0 atom stereocenters. The molecule has 1 aromatic heterocycles. The predicted octanol–water partition coefficient (Wildman–Crippen LogP) is 6.11. The van der Waals surface area contributed by atoms with Crippen molar-refractivity contribution in [2.75, 3.05) is 7.11 Å². The van der Waals surface area contributed by atoms with Crippen LogP contribution in [0.25, 0.3) is 28.6 Å². The van der Waals surface area contributed by atoms with Gasteiger partial charge in [0.1, 0.15) is 5.82 Å². The van der Waals surface area contributed by atoms with Crippen LogP contribution in [0, 0.1) is 0 Å². The van der Waals surface area contributed by atoms with Gasteiger partial charge in [0.15, 0.2) is 0 Å². The Bertz CT molecular complexity index is 1310. The van der Waals surface area contributed by atoms with Crippen molar-refractivity contribution in [1.82, 2.24) is 9.55 Å². The average Bonchev–Trinajstić information content (AvgIpc) is 3.13. The monoisotopic (exact) mass is 438 g/mol. The molecule has 1 aliphatic heterocycles. The lowest BCUT2D eigenvalue weighted by molar-refractivity contribution is -0.134. The predicted molar refractivity (Wildman–Crippen MR) is 128 cm³/mol. The number of hydrogen-bond acceptors (Lipinski definition) is 4. The molecule has 4 nitrogen and oxygen atoms in total. The fraction of sp³-hybridized carbons (Fsp3) is 0.111. The molecular weight excluding hydrogens is 416 g/mol. The Labute approximate surface area is 191 Å². The van der Waals surface area contributed by atoms with Gasteiger partial charge in [-0.15, -0.1) is 0 Å². The number of rotatable bonds is 5. The van der Waals surface area contributed by atoms with Gasteiger partial charge in [-0.3, -0.25) is 0 Å². The van der Waals surface area contributed by atoms with E-state index in [4.69, 9.17) is 9.72 Å². The number of aromatic nitrogens is 2. The third-order valence-electron chi connectivity index (χ3n) is 5.54. The molecule has 1 aliphatic rings. The van der Waals surface area contributed by atoms with Crippen LogP contribution in [0.15, 0.2) is 94.7 Å². The Balaban J connectivity index is 1.71. The SMILES string of the molecule is COC(=O)C=Cc1nc2c(n1CCc1ccccc1)-c1ccccc1Sc1ccccc1-2. The van der Waals surface area contributed by atoms with Crippen molar-refractivity contribution in [2.24, 2.45) is 0 Å². The van der Waals surface area contributed by atoms with Crippen molar-refractivity contribution >= 4 is 23.8 Å². The summed E-state index contributed by atoms with van der Waals surface area (Å²) in [4.78, 5) is 19.2. The first-order chi connectivity index (χ1) is 15.7. The number of carbonyl (C=O) groups excluding carboxylic acids is 1. The molecule has 0 saturated carbocycles. The van der Waals surface area contributed by atoms with E-state index in [2.05, 4.69) is 71.3 Å². The molecule has 0 spiro atoms. The number of carbonyl (C=O) groups is 1. The Kier molecular flexibility index (Phi) is 5.65. The van der Waals surface area contributed by atoms with E-state index >= 15 is 0 Å². The quantitative estimate of drug-likeness (QED) is 0.245. The third kappa shape index (κ3) is 3.87. The van der Waals surface area contributed by atoms with Crippen LogP contribution in [0.2, 0.25) is 0 Å². The number of methoxy groups -OCH3 is 1. The number of esters is 1. The Hall–Kier alpha value is -3.57. The zero-order valence-electron chi connectivity index (χ0n) is 17.7. The highest BCUT2D eigenvalue weighted by Crippen LogP contribution is 2.47. The fourth-order valence-electron chi connectivity index (χ4n) is 4.00. The van der Waals surface area contributed by atoms with Gasteiger partial charge in [0, 0.05) is 33.5 Å². The summed E-state index contributed by atoms with van der Waals surface area (Å²) in [6.07, 6.45) is 4.05. The molecule has 5 heteroatoms. The summed E-state index contributed by atoms with van der Waals surface area (Å²) in [7, 11) is 1.38. The van der Waals surface area contributed by atoms with Gasteiger partial charge in [-0.2, -0.15) is 0 Å². The van der Waals surface area contributed by atoms with Gasteiger partial charge in [-0.1, -0.05) is 78.5 Å². The molecule has 4 aromatic rings. The molecule has 0 amide bonds. The molecule has 0 radical (unpaired) electrons. The molecule has 32 heavy (non-hydrogen) atoms. The second-order valence-electron chi connectivity index (χ2n) is 7.51. The molecular formula is C27H22N2O2S. The third-order valence-corrected chi connectivity index (χ3v) is 6.69. The molecule has 0 N–H and O–H groups in total. The molecule has 5 rings (SSSR count). The van der Waals surface area contributed by atoms with Gasteiger partial charge in [0.2, 0.25) is 0 Å². The largest absolute Gasteiger partial charge is 0.466 e. The second kappa shape index (κ2) is 8.89. The van der Waals surface area contributed by atoms with Gasteiger partial charge in [0.25, 0.3) is 0 Å². The summed E-state index contributed by atoms with van der Waals surface area (Å²) in [5, 5.41) is 0. The van der Waals surface area contributed by atoms with E-state index in [0.717, 1.165) is 41.3 Å². The Morgan fingerprint density at radius 3 is 2.34 bits per heavy atom. The maximum atomic E-state index is 11.8. The van der Waals surface area contributed by atoms with Crippen molar-refractivity contribution in [3.05, 3.63) is 96.3 Å². The number of fused-ring (bicyclic) bond motifs is 5. The average molecular weight is 439 g/mol. The van der Waals surface area contributed by atoms with Gasteiger partial charge in [-0.25, -0.2) is 9.78 Å². The van der Waals surface area contributed by atoms with E-state index in [1.807, 2.05) is 12.1 Å². The van der Waals surface area contributed by atoms with Crippen molar-refractivity contribution < 1.29 is 9.53 Å². The number of aryl methyl sites for hydroxylation is 1. The first kappa shape index (κ1) is 20.3. The summed E-state index contributed by atoms with van der Waals surface area (Å²) < 4.78 is 7.04. The van der Waals surface area contributed by atoms with E-state index < -0.39 is 5.97 Å². The topological polar surface area (TPSA) is 44.1 Å². The van der Waals surface area contributed by atoms with E-state index in [-0.39, 0.29) is 0 Å². The lowest BCUT2D eigenvalue weighted by atomic mass is 10.0. The normalized spacial score (nSPS) is 12.0. The lowest BCUT2D eigenvalue weighted by Gasteiger charge is -2.13. The molecule has 0 aliphatic carbocycles. The number of benzene rings is 3. The minimum absolute atomic E-state index is 0.394. The summed E-state index contributed by atoms with van der Waals surface area (Å²) in [6.45, 7) is 0.744. The number of ether oxygens (including phenoxy) is 1. The number of imidazole rings is 1. The lowest BCUT2D eigenvalue weighted by Crippen LogP contribution is -2.06. The number of hydrogen-bond donors (Lipinski definition) is 0. The van der Waals surface area contributed by atoms with E-state index in [9.17, 15) is 4.79 Å². The summed E-state index contributed by atoms with van der Waals surface area (Å²) in [5.41, 5.74) is 5.54. The smallest absolute Gasteiger partial charge is 0.330 e. The van der Waals surface area contributed by atoms with Crippen molar-refractivity contribution in [3.8, 4) is 22.5 Å². The molecule has 158 valence electrons. The van der Waals surface area contributed by atoms with Gasteiger partial charge in [0.05, 0.1) is 18.5 Å². The van der Waals surface area contributed by atoms with Crippen LogP contribution in [0.4, 0.5) is 0 Å². The van der Waals surface area contributed by atoms with E-state index in [1.54, 1.807) is 17.8 Å². The minimum atomic E-state index is -0.394. The van der Waals surface area contributed by atoms with Crippen LogP contribution in [0.1, 0.15) is 11.4 Å². The van der Waals surface area contributed by atoms with Crippen LogP contribution < -0.4 is 0 Å². The Morgan fingerprint density at radius 1 is 0.938 bits per heavy atom. The van der Waals surface area contributed by atoms with Crippen LogP contribution in [-0.2, 0) is 22.5 Å². The zero-order chi connectivity index (χ0) is 21.9. The molecule has 0 saturated heterocycles. The van der Waals surface area contributed by atoms with Crippen molar-refractivity contribution in [1.29, 1.82) is 0 Å². The Morgan fingerprint density at radius 2 is 1.59 bits per heavy atom. The molecule has 2 heterocycles. The van der Waals surface area contributed by atoms with Crippen LogP contribution in [-0.4, -0.2) is 22.6 Å². The molecule has 0 unspecified atom stereocenters. The number of nitrogens with zero attached hydrogens (tertiary/aromatic N) is 2. The highest BCUT2D eigenvalue weighted by molar-refractivity contribution is 7.99. The molecule has 0 bridgehead atoms. The maximum absolute atomic E-state index is 11.8. The fourth-order valence-corrected chi connectivity index (χ4v) is 5.08. The molecule has 3 aromatic carbocycles. The minimum Gasteiger partial charge on any atom is -0.466 e. The summed E-state index contributed by atoms with van der Waals surface area (Å²) >= 11 is 1.77. The highest BCUT2D eigenvalue weighted by atomic mass is 32.2. The summed E-state index contributed by atoms with van der Waals surface area (Å²) in [6, 6.07) is 27.2. The summed E-state index contributed by atoms with van der Waals surface area (Å²) in [5.74, 6) is 0.349. The first-order valence-electron chi connectivity index (χ1n) is 10.5. The van der Waals surface area contributed by atoms with E-state index in [1.165, 1.54) is 28.5 Å². The van der Waals surface area contributed by atoms with Crippen molar-refractivity contribution in [3.63, 3.8) is 0 Å². The molecule has 0 fully saturated rings. The standard InChI is InChI=1S/C27H22N2O2S/c1-31-25(30)16-15-24-28-26-20-11-5-7-13-22(20)32-23-14-8-6-12-21(23)27(26)29(24)18-17-19-9-3-2-4-10-19/h2-16H,17-18H2,1H3. The van der Waals surface area contributed by atoms with Gasteiger partial charge >= 0.3 is 5.97 Å².